The van der Waals surface area contributed by atoms with Gasteiger partial charge in [-0.3, -0.25) is 0 Å². The molecule has 6 heteroatoms. The lowest BCUT2D eigenvalue weighted by Gasteiger charge is -2.44. The van der Waals surface area contributed by atoms with Crippen molar-refractivity contribution >= 4 is 12.6 Å². The normalized spacial score (nSPS) is 24.7. The highest BCUT2D eigenvalue weighted by Crippen LogP contribution is 2.31. The highest BCUT2D eigenvalue weighted by atomic mass is 32.1. The predicted octanol–water partition coefficient (Wildman–Crippen LogP) is 5.04. The quantitative estimate of drug-likeness (QED) is 0.390. The molecule has 0 bridgehead atoms. The summed E-state index contributed by atoms with van der Waals surface area (Å²) in [5.74, 6) is 0. The van der Waals surface area contributed by atoms with Gasteiger partial charge in [0.1, 0.15) is 18.3 Å². The Kier molecular flexibility index (Phi) is 9.56. The number of hydrogen-bond acceptors (Lipinski definition) is 6. The average Bonchev–Trinajstić information content (AvgIpc) is 2.89. The minimum atomic E-state index is -0.536. The first kappa shape index (κ1) is 24.9. The van der Waals surface area contributed by atoms with Crippen molar-refractivity contribution in [1.29, 1.82) is 0 Å². The molecule has 5 nitrogen and oxygen atoms in total. The maximum Gasteiger partial charge on any atom is 0.171 e. The Hall–Kier alpha value is -2.19. The third-order valence-electron chi connectivity index (χ3n) is 5.81. The number of thiol groups is 1. The Morgan fingerprint density at radius 2 is 1.15 bits per heavy atom. The number of benzene rings is 3. The zero-order chi connectivity index (χ0) is 23.6. The molecule has 1 aliphatic heterocycles. The molecule has 34 heavy (non-hydrogen) atoms. The van der Waals surface area contributed by atoms with Gasteiger partial charge in [0.25, 0.3) is 0 Å². The Morgan fingerprint density at radius 3 is 1.65 bits per heavy atom. The standard InChI is InChI=1S/C28H32O5S/c1-29-28-27(34)26(32-19-23-15-9-4-10-16-23)25(31-18-22-13-7-3-8-14-22)24(33-28)20-30-17-21-11-5-2-6-12-21/h2-16,24-28,34H,17-20H2,1H3/t24-,25-,26+,27-,28-/m1/s1. The van der Waals surface area contributed by atoms with Crippen LogP contribution in [0.25, 0.3) is 0 Å². The fourth-order valence-electron chi connectivity index (χ4n) is 4.02. The molecule has 0 saturated carbocycles. The largest absolute Gasteiger partial charge is 0.374 e. The zero-order valence-corrected chi connectivity index (χ0v) is 20.3. The van der Waals surface area contributed by atoms with Crippen molar-refractivity contribution in [3.8, 4) is 0 Å². The van der Waals surface area contributed by atoms with E-state index in [0.717, 1.165) is 16.7 Å². The summed E-state index contributed by atoms with van der Waals surface area (Å²) in [7, 11) is 1.62. The number of methoxy groups -OCH3 is 1. The molecule has 0 amide bonds. The van der Waals surface area contributed by atoms with E-state index in [1.54, 1.807) is 7.11 Å². The first-order valence-electron chi connectivity index (χ1n) is 11.5. The smallest absolute Gasteiger partial charge is 0.171 e. The van der Waals surface area contributed by atoms with Crippen molar-refractivity contribution in [3.63, 3.8) is 0 Å². The first-order valence-corrected chi connectivity index (χ1v) is 12.1. The lowest BCUT2D eigenvalue weighted by atomic mass is 10.00. The van der Waals surface area contributed by atoms with Crippen LogP contribution >= 0.6 is 12.6 Å². The summed E-state index contributed by atoms with van der Waals surface area (Å²) in [6, 6.07) is 30.2. The van der Waals surface area contributed by atoms with E-state index in [1.165, 1.54) is 0 Å². The second-order valence-corrected chi connectivity index (χ2v) is 8.89. The number of rotatable bonds is 11. The molecule has 1 heterocycles. The summed E-state index contributed by atoms with van der Waals surface area (Å²) in [5.41, 5.74) is 3.27. The van der Waals surface area contributed by atoms with Crippen LogP contribution < -0.4 is 0 Å². The van der Waals surface area contributed by atoms with Gasteiger partial charge in [0, 0.05) is 7.11 Å². The van der Waals surface area contributed by atoms with Gasteiger partial charge in [0.15, 0.2) is 6.29 Å². The van der Waals surface area contributed by atoms with Crippen molar-refractivity contribution in [1.82, 2.24) is 0 Å². The fraction of sp³-hybridized carbons (Fsp3) is 0.357. The van der Waals surface area contributed by atoms with Crippen LogP contribution in [0.3, 0.4) is 0 Å². The van der Waals surface area contributed by atoms with Gasteiger partial charge >= 0.3 is 0 Å². The van der Waals surface area contributed by atoms with E-state index >= 15 is 0 Å². The highest BCUT2D eigenvalue weighted by Gasteiger charge is 2.46. The molecule has 1 aliphatic rings. The van der Waals surface area contributed by atoms with Crippen LogP contribution in [0.4, 0.5) is 0 Å². The van der Waals surface area contributed by atoms with Gasteiger partial charge in [-0.15, -0.1) is 0 Å². The minimum Gasteiger partial charge on any atom is -0.374 e. The topological polar surface area (TPSA) is 46.2 Å². The van der Waals surface area contributed by atoms with Crippen molar-refractivity contribution < 1.29 is 23.7 Å². The van der Waals surface area contributed by atoms with Gasteiger partial charge < -0.3 is 23.7 Å². The third-order valence-corrected chi connectivity index (χ3v) is 6.35. The molecular weight excluding hydrogens is 448 g/mol. The highest BCUT2D eigenvalue weighted by molar-refractivity contribution is 7.81. The molecule has 5 atom stereocenters. The predicted molar refractivity (Wildman–Crippen MR) is 135 cm³/mol. The van der Waals surface area contributed by atoms with E-state index in [0.29, 0.717) is 26.4 Å². The maximum absolute atomic E-state index is 6.41. The van der Waals surface area contributed by atoms with Crippen LogP contribution in [-0.2, 0) is 43.5 Å². The molecule has 0 spiro atoms. The van der Waals surface area contributed by atoms with Crippen LogP contribution in [0, 0.1) is 0 Å². The lowest BCUT2D eigenvalue weighted by molar-refractivity contribution is -0.267. The van der Waals surface area contributed by atoms with Crippen LogP contribution in [0.1, 0.15) is 16.7 Å². The van der Waals surface area contributed by atoms with Gasteiger partial charge in [0.05, 0.1) is 31.7 Å². The van der Waals surface area contributed by atoms with E-state index in [4.69, 9.17) is 36.3 Å². The van der Waals surface area contributed by atoms with Crippen molar-refractivity contribution in [2.24, 2.45) is 0 Å². The summed E-state index contributed by atoms with van der Waals surface area (Å²) in [5, 5.41) is -0.320. The second kappa shape index (κ2) is 13.0. The summed E-state index contributed by atoms with van der Waals surface area (Å²) in [6.45, 7) is 1.72. The van der Waals surface area contributed by atoms with Crippen LogP contribution in [-0.4, -0.2) is 43.6 Å². The zero-order valence-electron chi connectivity index (χ0n) is 19.4. The Labute approximate surface area is 207 Å². The average molecular weight is 481 g/mol. The molecule has 1 saturated heterocycles. The van der Waals surface area contributed by atoms with E-state index in [9.17, 15) is 0 Å². The van der Waals surface area contributed by atoms with Crippen molar-refractivity contribution in [2.45, 2.75) is 49.7 Å². The van der Waals surface area contributed by atoms with Gasteiger partial charge in [-0.2, -0.15) is 12.6 Å². The van der Waals surface area contributed by atoms with Crippen molar-refractivity contribution in [2.75, 3.05) is 13.7 Å². The minimum absolute atomic E-state index is 0.320. The lowest BCUT2D eigenvalue weighted by Crippen LogP contribution is -2.59. The molecule has 180 valence electrons. The van der Waals surface area contributed by atoms with Gasteiger partial charge in [-0.1, -0.05) is 91.0 Å². The molecule has 0 unspecified atom stereocenters. The number of hydrogen-bond donors (Lipinski definition) is 1. The number of ether oxygens (including phenoxy) is 5. The molecule has 3 aromatic carbocycles. The third kappa shape index (κ3) is 6.92. The monoisotopic (exact) mass is 480 g/mol. The van der Waals surface area contributed by atoms with E-state index in [1.807, 2.05) is 91.0 Å². The molecule has 0 radical (unpaired) electrons. The maximum atomic E-state index is 6.41. The Bertz CT molecular complexity index is 956. The van der Waals surface area contributed by atoms with Gasteiger partial charge in [0.2, 0.25) is 0 Å². The molecule has 0 aliphatic carbocycles. The summed E-state index contributed by atoms with van der Waals surface area (Å²) in [6.07, 6.45) is -1.64. The van der Waals surface area contributed by atoms with E-state index in [-0.39, 0.29) is 23.6 Å². The van der Waals surface area contributed by atoms with Crippen LogP contribution in [0.15, 0.2) is 91.0 Å². The molecule has 4 rings (SSSR count). The summed E-state index contributed by atoms with van der Waals surface area (Å²) in [4.78, 5) is 0. The van der Waals surface area contributed by atoms with Gasteiger partial charge in [-0.05, 0) is 16.7 Å². The van der Waals surface area contributed by atoms with Crippen molar-refractivity contribution in [3.05, 3.63) is 108 Å². The summed E-state index contributed by atoms with van der Waals surface area (Å²) >= 11 is 4.81. The van der Waals surface area contributed by atoms with E-state index < -0.39 is 6.29 Å². The fourth-order valence-corrected chi connectivity index (χ4v) is 4.46. The van der Waals surface area contributed by atoms with Gasteiger partial charge in [-0.25, -0.2) is 0 Å². The van der Waals surface area contributed by atoms with Crippen LogP contribution in [0.5, 0.6) is 0 Å². The molecule has 0 N–H and O–H groups in total. The molecule has 1 fully saturated rings. The molecule has 3 aromatic rings. The first-order chi connectivity index (χ1) is 16.7. The SMILES string of the molecule is CO[C@@H]1O[C@H](COCc2ccccc2)[C@@H](OCc2ccccc2)[C@H](OCc2ccccc2)[C@H]1S. The van der Waals surface area contributed by atoms with Crippen LogP contribution in [0.2, 0.25) is 0 Å². The van der Waals surface area contributed by atoms with E-state index in [2.05, 4.69) is 0 Å². The molecular formula is C28H32O5S. The summed E-state index contributed by atoms with van der Waals surface area (Å²) < 4.78 is 30.7. The second-order valence-electron chi connectivity index (χ2n) is 8.29. The Morgan fingerprint density at radius 1 is 0.676 bits per heavy atom. The Balaban J connectivity index is 1.48. The molecule has 0 aromatic heterocycles.